The molecule has 1 aliphatic rings. The average Bonchev–Trinajstić information content (AvgIpc) is 3.11. The van der Waals surface area contributed by atoms with Gasteiger partial charge in [0.05, 0.1) is 5.75 Å². The van der Waals surface area contributed by atoms with Gasteiger partial charge in [0.25, 0.3) is 0 Å². The Morgan fingerprint density at radius 3 is 2.44 bits per heavy atom. The van der Waals surface area contributed by atoms with E-state index in [1.807, 2.05) is 24.3 Å². The Morgan fingerprint density at radius 2 is 1.76 bits per heavy atom. The van der Waals surface area contributed by atoms with Crippen molar-refractivity contribution in [3.63, 3.8) is 0 Å². The quantitative estimate of drug-likeness (QED) is 0.778. The van der Waals surface area contributed by atoms with Gasteiger partial charge >= 0.3 is 0 Å². The number of rotatable bonds is 6. The summed E-state index contributed by atoms with van der Waals surface area (Å²) in [5, 5.41) is 2.82. The molecule has 1 heterocycles. The van der Waals surface area contributed by atoms with Gasteiger partial charge in [0.15, 0.2) is 11.6 Å². The van der Waals surface area contributed by atoms with Crippen LogP contribution in [-0.4, -0.2) is 29.6 Å². The first-order chi connectivity index (χ1) is 12.1. The van der Waals surface area contributed by atoms with Gasteiger partial charge in [-0.1, -0.05) is 12.1 Å². The predicted molar refractivity (Wildman–Crippen MR) is 96.7 cm³/mol. The van der Waals surface area contributed by atoms with Crippen molar-refractivity contribution in [2.24, 2.45) is 0 Å². The lowest BCUT2D eigenvalue weighted by atomic mass is 10.2. The van der Waals surface area contributed by atoms with Gasteiger partial charge in [-0.15, -0.1) is 11.8 Å². The van der Waals surface area contributed by atoms with Crippen LogP contribution in [0.3, 0.4) is 0 Å². The zero-order valence-corrected chi connectivity index (χ0v) is 14.6. The van der Waals surface area contributed by atoms with Gasteiger partial charge in [-0.3, -0.25) is 9.69 Å². The molecule has 6 heteroatoms. The van der Waals surface area contributed by atoms with Crippen LogP contribution in [0, 0.1) is 11.6 Å². The smallest absolute Gasteiger partial charge is 0.234 e. The van der Waals surface area contributed by atoms with Gasteiger partial charge in [0.2, 0.25) is 5.91 Å². The molecule has 132 valence electrons. The second-order valence-corrected chi connectivity index (χ2v) is 7.14. The van der Waals surface area contributed by atoms with Crippen molar-refractivity contribution in [3.05, 3.63) is 59.7 Å². The average molecular weight is 362 g/mol. The number of carbonyl (C=O) groups is 1. The lowest BCUT2D eigenvalue weighted by Crippen LogP contribution is -2.18. The van der Waals surface area contributed by atoms with Gasteiger partial charge in [0.1, 0.15) is 0 Å². The van der Waals surface area contributed by atoms with E-state index >= 15 is 0 Å². The Hall–Kier alpha value is -1.92. The maximum atomic E-state index is 13.1. The standard InChI is InChI=1S/C19H20F2N2OS/c20-17-8-7-16(11-18(17)21)25-13-19(24)22-15-5-3-14(4-6-15)12-23-9-1-2-10-23/h3-8,11H,1-2,9-10,12-13H2,(H,22,24). The van der Waals surface area contributed by atoms with Crippen LogP contribution < -0.4 is 5.32 Å². The van der Waals surface area contributed by atoms with Crippen LogP contribution >= 0.6 is 11.8 Å². The van der Waals surface area contributed by atoms with Crippen LogP contribution in [0.5, 0.6) is 0 Å². The van der Waals surface area contributed by atoms with Crippen molar-refractivity contribution in [2.45, 2.75) is 24.3 Å². The molecule has 0 aromatic heterocycles. The molecule has 3 nitrogen and oxygen atoms in total. The first-order valence-electron chi connectivity index (χ1n) is 8.29. The van der Waals surface area contributed by atoms with Gasteiger partial charge in [0, 0.05) is 17.1 Å². The van der Waals surface area contributed by atoms with Crippen LogP contribution in [0.2, 0.25) is 0 Å². The highest BCUT2D eigenvalue weighted by Gasteiger charge is 2.12. The number of thioether (sulfide) groups is 1. The molecule has 1 amide bonds. The van der Waals surface area contributed by atoms with Crippen LogP contribution in [0.15, 0.2) is 47.4 Å². The van der Waals surface area contributed by atoms with Gasteiger partial charge in [-0.2, -0.15) is 0 Å². The van der Waals surface area contributed by atoms with E-state index in [2.05, 4.69) is 10.2 Å². The SMILES string of the molecule is O=C(CSc1ccc(F)c(F)c1)Nc1ccc(CN2CCCC2)cc1. The highest BCUT2D eigenvalue weighted by Crippen LogP contribution is 2.21. The number of carbonyl (C=O) groups excluding carboxylic acids is 1. The molecule has 2 aromatic carbocycles. The first-order valence-corrected chi connectivity index (χ1v) is 9.28. The van der Waals surface area contributed by atoms with Crippen molar-refractivity contribution in [2.75, 3.05) is 24.2 Å². The molecule has 1 aliphatic heterocycles. The van der Waals surface area contributed by atoms with Crippen molar-refractivity contribution in [1.82, 2.24) is 4.90 Å². The summed E-state index contributed by atoms with van der Waals surface area (Å²) in [7, 11) is 0. The Bertz CT molecular complexity index is 731. The Kier molecular flexibility index (Phi) is 6.04. The molecule has 0 spiro atoms. The first kappa shape index (κ1) is 17.9. The van der Waals surface area contributed by atoms with E-state index in [0.717, 1.165) is 37.5 Å². The second kappa shape index (κ2) is 8.45. The van der Waals surface area contributed by atoms with Crippen LogP contribution in [0.1, 0.15) is 18.4 Å². The van der Waals surface area contributed by atoms with E-state index in [4.69, 9.17) is 0 Å². The van der Waals surface area contributed by atoms with Crippen molar-refractivity contribution >= 4 is 23.4 Å². The van der Waals surface area contributed by atoms with Crippen molar-refractivity contribution in [3.8, 4) is 0 Å². The monoisotopic (exact) mass is 362 g/mol. The van der Waals surface area contributed by atoms with Crippen molar-refractivity contribution in [1.29, 1.82) is 0 Å². The summed E-state index contributed by atoms with van der Waals surface area (Å²) in [6.07, 6.45) is 2.54. The van der Waals surface area contributed by atoms with Crippen LogP contribution in [-0.2, 0) is 11.3 Å². The number of anilines is 1. The van der Waals surface area contributed by atoms with Gasteiger partial charge in [-0.25, -0.2) is 8.78 Å². The van der Waals surface area contributed by atoms with E-state index < -0.39 is 11.6 Å². The Balaban J connectivity index is 1.47. The van der Waals surface area contributed by atoms with Gasteiger partial charge in [-0.05, 0) is 61.8 Å². The number of hydrogen-bond donors (Lipinski definition) is 1. The summed E-state index contributed by atoms with van der Waals surface area (Å²) >= 11 is 1.17. The molecule has 1 saturated heterocycles. The number of amides is 1. The number of likely N-dealkylation sites (tertiary alicyclic amines) is 1. The maximum absolute atomic E-state index is 13.1. The highest BCUT2D eigenvalue weighted by molar-refractivity contribution is 8.00. The molecule has 0 unspecified atom stereocenters. The Labute approximate surface area is 150 Å². The minimum Gasteiger partial charge on any atom is -0.325 e. The fourth-order valence-corrected chi connectivity index (χ4v) is 3.53. The fourth-order valence-electron chi connectivity index (χ4n) is 2.81. The number of halogens is 2. The van der Waals surface area contributed by atoms with Crippen molar-refractivity contribution < 1.29 is 13.6 Å². The number of benzene rings is 2. The Morgan fingerprint density at radius 1 is 1.04 bits per heavy atom. The molecule has 25 heavy (non-hydrogen) atoms. The molecular formula is C19H20F2N2OS. The molecule has 0 radical (unpaired) electrons. The largest absolute Gasteiger partial charge is 0.325 e. The number of hydrogen-bond acceptors (Lipinski definition) is 3. The lowest BCUT2D eigenvalue weighted by molar-refractivity contribution is -0.113. The summed E-state index contributed by atoms with van der Waals surface area (Å²) in [5.41, 5.74) is 1.97. The molecule has 2 aromatic rings. The summed E-state index contributed by atoms with van der Waals surface area (Å²) in [4.78, 5) is 14.9. The molecule has 0 aliphatic carbocycles. The van der Waals surface area contributed by atoms with E-state index in [1.54, 1.807) is 0 Å². The van der Waals surface area contributed by atoms with E-state index in [0.29, 0.717) is 4.90 Å². The summed E-state index contributed by atoms with van der Waals surface area (Å²) in [5.74, 6) is -1.83. The molecule has 0 bridgehead atoms. The molecule has 0 saturated carbocycles. The third-order valence-electron chi connectivity index (χ3n) is 4.10. The fraction of sp³-hybridized carbons (Fsp3) is 0.316. The van der Waals surface area contributed by atoms with E-state index in [-0.39, 0.29) is 11.7 Å². The van der Waals surface area contributed by atoms with E-state index in [1.165, 1.54) is 36.2 Å². The topological polar surface area (TPSA) is 32.3 Å². The number of nitrogens with zero attached hydrogens (tertiary/aromatic N) is 1. The van der Waals surface area contributed by atoms with Crippen LogP contribution in [0.4, 0.5) is 14.5 Å². The molecule has 0 atom stereocenters. The summed E-state index contributed by atoms with van der Waals surface area (Å²) in [6.45, 7) is 3.25. The van der Waals surface area contributed by atoms with E-state index in [9.17, 15) is 13.6 Å². The third kappa shape index (κ3) is 5.28. The predicted octanol–water partition coefficient (Wildman–Crippen LogP) is 4.29. The normalized spacial score (nSPS) is 14.6. The number of nitrogens with one attached hydrogen (secondary N) is 1. The summed E-state index contributed by atoms with van der Waals surface area (Å²) in [6, 6.07) is 11.5. The molecular weight excluding hydrogens is 342 g/mol. The molecule has 1 fully saturated rings. The zero-order chi connectivity index (χ0) is 17.6. The minimum absolute atomic E-state index is 0.139. The third-order valence-corrected chi connectivity index (χ3v) is 5.10. The molecule has 1 N–H and O–H groups in total. The minimum atomic E-state index is -0.904. The lowest BCUT2D eigenvalue weighted by Gasteiger charge is -2.14. The van der Waals surface area contributed by atoms with Gasteiger partial charge < -0.3 is 5.32 Å². The summed E-state index contributed by atoms with van der Waals surface area (Å²) < 4.78 is 26.0. The highest BCUT2D eigenvalue weighted by atomic mass is 32.2. The van der Waals surface area contributed by atoms with Crippen LogP contribution in [0.25, 0.3) is 0 Å². The maximum Gasteiger partial charge on any atom is 0.234 e. The second-order valence-electron chi connectivity index (χ2n) is 6.09. The zero-order valence-electron chi connectivity index (χ0n) is 13.8. The molecule has 3 rings (SSSR count).